The number of carbonyl (C=O) groups excluding carboxylic acids is 1. The first-order valence-corrected chi connectivity index (χ1v) is 12.5. The summed E-state index contributed by atoms with van der Waals surface area (Å²) in [7, 11) is 0. The van der Waals surface area contributed by atoms with Crippen molar-refractivity contribution in [2.45, 2.75) is 43.6 Å². The zero-order valence-corrected chi connectivity index (χ0v) is 20.7. The van der Waals surface area contributed by atoms with Crippen LogP contribution in [0.25, 0.3) is 0 Å². The second-order valence-corrected chi connectivity index (χ2v) is 10.2. The number of ether oxygens (including phenoxy) is 1. The fourth-order valence-electron chi connectivity index (χ4n) is 4.94. The second-order valence-electron chi connectivity index (χ2n) is 9.29. The third kappa shape index (κ3) is 5.12. The molecule has 0 unspecified atom stereocenters. The van der Waals surface area contributed by atoms with Gasteiger partial charge in [0.25, 0.3) is 5.91 Å². The third-order valence-electron chi connectivity index (χ3n) is 6.77. The van der Waals surface area contributed by atoms with Crippen molar-refractivity contribution in [1.29, 1.82) is 0 Å². The molecule has 1 saturated heterocycles. The number of carbonyl (C=O) groups is 2. The molecule has 1 aliphatic heterocycles. The molecule has 186 valence electrons. The summed E-state index contributed by atoms with van der Waals surface area (Å²) < 4.78 is 20.0. The summed E-state index contributed by atoms with van der Waals surface area (Å²) in [6.45, 7) is 0. The van der Waals surface area contributed by atoms with Crippen LogP contribution in [0.3, 0.4) is 0 Å². The zero-order valence-electron chi connectivity index (χ0n) is 19.2. The number of hydrogen-bond acceptors (Lipinski definition) is 3. The number of rotatable bonds is 7. The normalized spacial score (nSPS) is 22.9. The lowest BCUT2D eigenvalue weighted by molar-refractivity contribution is -0.185. The molecule has 8 heteroatoms. The highest BCUT2D eigenvalue weighted by Crippen LogP contribution is 2.48. The van der Waals surface area contributed by atoms with E-state index >= 15 is 0 Å². The van der Waals surface area contributed by atoms with Crippen LogP contribution in [0.5, 0.6) is 0 Å². The van der Waals surface area contributed by atoms with Crippen LogP contribution in [0.4, 0.5) is 4.39 Å². The van der Waals surface area contributed by atoms with E-state index in [-0.39, 0.29) is 18.2 Å². The fourth-order valence-corrected chi connectivity index (χ4v) is 5.26. The molecule has 0 spiro atoms. The van der Waals surface area contributed by atoms with Crippen molar-refractivity contribution in [2.75, 3.05) is 0 Å². The van der Waals surface area contributed by atoms with E-state index in [1.54, 1.807) is 54.6 Å². The van der Waals surface area contributed by atoms with E-state index in [1.165, 1.54) is 17.0 Å². The summed E-state index contributed by atoms with van der Waals surface area (Å²) >= 11 is 12.5. The van der Waals surface area contributed by atoms with Gasteiger partial charge in [0.15, 0.2) is 0 Å². The summed E-state index contributed by atoms with van der Waals surface area (Å²) in [4.78, 5) is 28.0. The van der Waals surface area contributed by atoms with Gasteiger partial charge < -0.3 is 14.7 Å². The molecule has 4 atom stereocenters. The van der Waals surface area contributed by atoms with E-state index in [1.807, 2.05) is 6.07 Å². The van der Waals surface area contributed by atoms with Crippen LogP contribution in [-0.4, -0.2) is 34.0 Å². The first-order chi connectivity index (χ1) is 17.3. The molecule has 5 rings (SSSR count). The summed E-state index contributed by atoms with van der Waals surface area (Å²) in [5, 5.41) is 11.3. The number of carboxylic acid groups (broad SMARTS) is 1. The first-order valence-electron chi connectivity index (χ1n) is 11.8. The summed E-state index contributed by atoms with van der Waals surface area (Å²) in [5.74, 6) is -1.96. The number of carboxylic acids is 1. The topological polar surface area (TPSA) is 66.8 Å². The Hall–Kier alpha value is -2.93. The van der Waals surface area contributed by atoms with Crippen LogP contribution >= 0.6 is 23.2 Å². The van der Waals surface area contributed by atoms with Crippen molar-refractivity contribution >= 4 is 35.1 Å². The molecule has 1 N–H and O–H groups in total. The van der Waals surface area contributed by atoms with Gasteiger partial charge in [0, 0.05) is 16.5 Å². The van der Waals surface area contributed by atoms with Gasteiger partial charge in [0.1, 0.15) is 24.1 Å². The van der Waals surface area contributed by atoms with Gasteiger partial charge >= 0.3 is 5.97 Å². The van der Waals surface area contributed by atoms with Crippen molar-refractivity contribution < 1.29 is 23.8 Å². The number of halogens is 3. The maximum absolute atomic E-state index is 14.0. The van der Waals surface area contributed by atoms with Gasteiger partial charge in [-0.15, -0.1) is 0 Å². The van der Waals surface area contributed by atoms with Crippen molar-refractivity contribution in [3.63, 3.8) is 0 Å². The van der Waals surface area contributed by atoms with Gasteiger partial charge in [0.05, 0.1) is 6.04 Å². The highest BCUT2D eigenvalue weighted by atomic mass is 35.5. The maximum Gasteiger partial charge on any atom is 0.326 e. The van der Waals surface area contributed by atoms with Gasteiger partial charge in [-0.1, -0.05) is 59.6 Å². The molecular formula is C28H24Cl2FNO4. The Bertz CT molecular complexity index is 1260. The monoisotopic (exact) mass is 527 g/mol. The Kier molecular flexibility index (Phi) is 7.02. The molecule has 1 saturated carbocycles. The number of aliphatic carboxylic acids is 1. The molecule has 0 aromatic heterocycles. The Morgan fingerprint density at radius 3 is 2.31 bits per heavy atom. The predicted octanol–water partition coefficient (Wildman–Crippen LogP) is 6.25. The molecule has 1 amide bonds. The maximum atomic E-state index is 14.0. The van der Waals surface area contributed by atoms with Gasteiger partial charge in [-0.25, -0.2) is 9.18 Å². The third-order valence-corrected chi connectivity index (χ3v) is 7.26. The van der Waals surface area contributed by atoms with Gasteiger partial charge in [-0.05, 0) is 71.8 Å². The van der Waals surface area contributed by atoms with Crippen LogP contribution in [0.1, 0.15) is 41.7 Å². The molecule has 1 aliphatic carbocycles. The van der Waals surface area contributed by atoms with Gasteiger partial charge in [-0.2, -0.15) is 0 Å². The molecule has 3 aromatic rings. The number of hydrogen-bond donors (Lipinski definition) is 1. The molecular weight excluding hydrogens is 504 g/mol. The van der Waals surface area contributed by atoms with E-state index in [2.05, 4.69) is 0 Å². The Labute approximate surface area is 218 Å². The molecule has 3 aromatic carbocycles. The summed E-state index contributed by atoms with van der Waals surface area (Å²) in [5.41, 5.74) is 2.15. The van der Waals surface area contributed by atoms with Crippen LogP contribution in [0.2, 0.25) is 10.0 Å². The molecule has 5 nitrogen and oxygen atoms in total. The van der Waals surface area contributed by atoms with E-state index in [0.29, 0.717) is 21.2 Å². The van der Waals surface area contributed by atoms with Crippen molar-refractivity contribution in [1.82, 2.24) is 4.90 Å². The van der Waals surface area contributed by atoms with Crippen molar-refractivity contribution in [3.05, 3.63) is 105 Å². The lowest BCUT2D eigenvalue weighted by Crippen LogP contribution is -2.58. The van der Waals surface area contributed by atoms with E-state index < -0.39 is 36.2 Å². The molecule has 1 heterocycles. The van der Waals surface area contributed by atoms with Crippen LogP contribution in [-0.2, 0) is 20.7 Å². The lowest BCUT2D eigenvalue weighted by Gasteiger charge is -2.47. The van der Waals surface area contributed by atoms with Crippen molar-refractivity contribution in [3.8, 4) is 0 Å². The first kappa shape index (κ1) is 24.8. The molecule has 0 bridgehead atoms. The minimum Gasteiger partial charge on any atom is -0.480 e. The quantitative estimate of drug-likeness (QED) is 0.394. The highest BCUT2D eigenvalue weighted by Gasteiger charge is 2.52. The van der Waals surface area contributed by atoms with Gasteiger partial charge in [-0.3, -0.25) is 4.79 Å². The highest BCUT2D eigenvalue weighted by molar-refractivity contribution is 6.30. The number of morpholine rings is 1. The zero-order chi connectivity index (χ0) is 25.4. The van der Waals surface area contributed by atoms with Crippen molar-refractivity contribution in [2.24, 2.45) is 5.92 Å². The minimum atomic E-state index is -1.04. The Morgan fingerprint density at radius 1 is 1.00 bits per heavy atom. The fraction of sp³-hybridized carbons (Fsp3) is 0.286. The Balaban J connectivity index is 1.63. The number of benzene rings is 3. The predicted molar refractivity (Wildman–Crippen MR) is 134 cm³/mol. The average Bonchev–Trinajstić information content (AvgIpc) is 3.68. The number of amides is 1. The van der Waals surface area contributed by atoms with E-state index in [9.17, 15) is 19.1 Å². The van der Waals surface area contributed by atoms with Gasteiger partial charge in [0.2, 0.25) is 0 Å². The Morgan fingerprint density at radius 2 is 1.69 bits per heavy atom. The molecule has 36 heavy (non-hydrogen) atoms. The summed E-state index contributed by atoms with van der Waals surface area (Å²) in [6, 6.07) is 18.3. The largest absolute Gasteiger partial charge is 0.480 e. The molecule has 0 radical (unpaired) electrons. The second kappa shape index (κ2) is 10.2. The molecule has 2 aliphatic rings. The average molecular weight is 528 g/mol. The van der Waals surface area contributed by atoms with E-state index in [4.69, 9.17) is 27.9 Å². The summed E-state index contributed by atoms with van der Waals surface area (Å²) in [6.07, 6.45) is 0.00717. The van der Waals surface area contributed by atoms with E-state index in [0.717, 1.165) is 18.4 Å². The molecule has 2 fully saturated rings. The van der Waals surface area contributed by atoms with Crippen LogP contribution in [0, 0.1) is 11.7 Å². The SMILES string of the molecule is O=C(O)[C@@H](C1CC1)N1C(=O)[C@H](Cc2ccc(F)cc2)O[C@@H](c2cccc(Cl)c2)[C@H]1c1ccc(Cl)cc1. The number of nitrogens with zero attached hydrogens (tertiary/aromatic N) is 1. The van der Waals surface area contributed by atoms with Crippen LogP contribution < -0.4 is 0 Å². The minimum absolute atomic E-state index is 0.133. The lowest BCUT2D eigenvalue weighted by atomic mass is 9.88. The smallest absolute Gasteiger partial charge is 0.326 e. The standard InChI is InChI=1S/C28H24Cl2FNO4/c29-20-10-8-17(9-11-20)24-26(19-2-1-3-21(30)15-19)36-23(14-16-4-12-22(31)13-5-16)27(33)32(24)25(28(34)35)18-6-7-18/h1-5,8-13,15,18,23-26H,6-7,14H2,(H,34,35)/t23-,24+,25+,26-/m0/s1. The van der Waals surface area contributed by atoms with Crippen LogP contribution in [0.15, 0.2) is 72.8 Å².